The first-order chi connectivity index (χ1) is 18.6. The highest BCUT2D eigenvalue weighted by Gasteiger charge is 2.22. The van der Waals surface area contributed by atoms with E-state index in [4.69, 9.17) is 10.8 Å². The second kappa shape index (κ2) is 11.7. The Bertz CT molecular complexity index is 1520. The molecule has 2 heterocycles. The summed E-state index contributed by atoms with van der Waals surface area (Å²) in [5.41, 5.74) is 9.94. The van der Waals surface area contributed by atoms with Gasteiger partial charge in [-0.2, -0.15) is 0 Å². The Labute approximate surface area is 229 Å². The van der Waals surface area contributed by atoms with Crippen LogP contribution in [0, 0.1) is 0 Å². The highest BCUT2D eigenvalue weighted by atomic mass is 32.1. The molecule has 0 fully saturated rings. The number of amides is 3. The topological polar surface area (TPSA) is 159 Å². The number of thiazole rings is 1. The number of hydrogen-bond donors (Lipinski definition) is 5. The lowest BCUT2D eigenvalue weighted by Crippen LogP contribution is -2.36. The van der Waals surface area contributed by atoms with E-state index in [1.807, 2.05) is 55.6 Å². The number of pyridine rings is 1. The van der Waals surface area contributed by atoms with Gasteiger partial charge in [0.05, 0.1) is 12.2 Å². The Morgan fingerprint density at radius 3 is 2.49 bits per heavy atom. The van der Waals surface area contributed by atoms with E-state index in [0.717, 1.165) is 22.3 Å². The average molecular weight is 545 g/mol. The normalized spacial score (nSPS) is 11.0. The maximum atomic E-state index is 12.7. The number of rotatable bonds is 9. The van der Waals surface area contributed by atoms with Crippen molar-refractivity contribution in [2.75, 3.05) is 24.1 Å². The van der Waals surface area contributed by atoms with Gasteiger partial charge in [-0.05, 0) is 47.0 Å². The maximum absolute atomic E-state index is 12.7. The second-order valence-corrected chi connectivity index (χ2v) is 10.3. The van der Waals surface area contributed by atoms with Crippen molar-refractivity contribution in [2.24, 2.45) is 0 Å². The molecule has 0 saturated heterocycles. The molecular weight excluding hydrogens is 516 g/mol. The lowest BCUT2D eigenvalue weighted by atomic mass is 9.84. The summed E-state index contributed by atoms with van der Waals surface area (Å²) in [5, 5.41) is 18.9. The standard InChI is InChI=1S/C28H28N6O4S/c1-28(2,16-32-27(37)38)21-8-4-7-20(12-21)25(36)31-14-24(35)34-26-33-22(15-39-26)19-6-3-5-17(11-19)18-9-10-30-23(29)13-18/h3-13,15,32H,14,16H2,1-2H3,(H2,29,30)(H,31,36)(H,37,38)(H,33,34,35). The van der Waals surface area contributed by atoms with Crippen molar-refractivity contribution in [3.05, 3.63) is 83.4 Å². The molecular formula is C28H28N6O4S. The molecule has 0 unspecified atom stereocenters. The largest absolute Gasteiger partial charge is 0.465 e. The molecule has 0 spiro atoms. The highest BCUT2D eigenvalue weighted by Crippen LogP contribution is 2.29. The van der Waals surface area contributed by atoms with E-state index in [9.17, 15) is 14.4 Å². The summed E-state index contributed by atoms with van der Waals surface area (Å²) in [4.78, 5) is 44.6. The second-order valence-electron chi connectivity index (χ2n) is 9.44. The predicted octanol–water partition coefficient (Wildman–Crippen LogP) is 4.37. The van der Waals surface area contributed by atoms with Gasteiger partial charge in [-0.1, -0.05) is 44.2 Å². The van der Waals surface area contributed by atoms with E-state index in [1.165, 1.54) is 11.3 Å². The summed E-state index contributed by atoms with van der Waals surface area (Å²) in [6, 6.07) is 18.4. The molecule has 10 nitrogen and oxygen atoms in total. The number of carbonyl (C=O) groups excluding carboxylic acids is 2. The molecule has 39 heavy (non-hydrogen) atoms. The van der Waals surface area contributed by atoms with Gasteiger partial charge >= 0.3 is 6.09 Å². The van der Waals surface area contributed by atoms with Crippen molar-refractivity contribution in [2.45, 2.75) is 19.3 Å². The smallest absolute Gasteiger partial charge is 0.404 e. The number of nitrogens with zero attached hydrogens (tertiary/aromatic N) is 2. The van der Waals surface area contributed by atoms with Gasteiger partial charge in [-0.3, -0.25) is 9.59 Å². The number of anilines is 2. The van der Waals surface area contributed by atoms with Gasteiger partial charge < -0.3 is 26.8 Å². The molecule has 3 amide bonds. The monoisotopic (exact) mass is 544 g/mol. The van der Waals surface area contributed by atoms with Crippen LogP contribution in [0.4, 0.5) is 15.7 Å². The Morgan fingerprint density at radius 2 is 1.72 bits per heavy atom. The van der Waals surface area contributed by atoms with Crippen molar-refractivity contribution in [1.29, 1.82) is 0 Å². The van der Waals surface area contributed by atoms with Gasteiger partial charge in [0.2, 0.25) is 5.91 Å². The van der Waals surface area contributed by atoms with Crippen LogP contribution in [0.2, 0.25) is 0 Å². The zero-order chi connectivity index (χ0) is 28.0. The van der Waals surface area contributed by atoms with Crippen molar-refractivity contribution in [3.8, 4) is 22.4 Å². The van der Waals surface area contributed by atoms with Crippen LogP contribution in [-0.2, 0) is 10.2 Å². The summed E-state index contributed by atoms with van der Waals surface area (Å²) in [6.45, 7) is 3.71. The van der Waals surface area contributed by atoms with Gasteiger partial charge in [0.15, 0.2) is 5.13 Å². The summed E-state index contributed by atoms with van der Waals surface area (Å²) in [5.74, 6) is -0.386. The SMILES string of the molecule is CC(C)(CNC(=O)O)c1cccc(C(=O)NCC(=O)Nc2nc(-c3cccc(-c4ccnc(N)c4)c3)cs2)c1. The van der Waals surface area contributed by atoms with Crippen LogP contribution in [0.3, 0.4) is 0 Å². The van der Waals surface area contributed by atoms with Crippen molar-refractivity contribution in [3.63, 3.8) is 0 Å². The van der Waals surface area contributed by atoms with Gasteiger partial charge in [0, 0.05) is 34.7 Å². The number of nitrogens with two attached hydrogens (primary N) is 1. The number of nitrogen functional groups attached to an aromatic ring is 1. The molecule has 0 aliphatic carbocycles. The molecule has 0 atom stereocenters. The number of carbonyl (C=O) groups is 3. The molecule has 4 aromatic rings. The van der Waals surface area contributed by atoms with Gasteiger partial charge in [0.25, 0.3) is 5.91 Å². The van der Waals surface area contributed by atoms with Crippen LogP contribution in [0.25, 0.3) is 22.4 Å². The molecule has 0 aliphatic heterocycles. The maximum Gasteiger partial charge on any atom is 0.404 e. The summed E-state index contributed by atoms with van der Waals surface area (Å²) in [6.07, 6.45) is 0.545. The molecule has 200 valence electrons. The number of carboxylic acid groups (broad SMARTS) is 1. The molecule has 0 radical (unpaired) electrons. The van der Waals surface area contributed by atoms with Crippen molar-refractivity contribution >= 4 is 40.2 Å². The predicted molar refractivity (Wildman–Crippen MR) is 152 cm³/mol. The number of nitrogens with one attached hydrogen (secondary N) is 3. The Hall–Kier alpha value is -4.77. The quantitative estimate of drug-likeness (QED) is 0.209. The zero-order valence-electron chi connectivity index (χ0n) is 21.4. The number of hydrogen-bond acceptors (Lipinski definition) is 7. The minimum atomic E-state index is -1.11. The lowest BCUT2D eigenvalue weighted by molar-refractivity contribution is -0.115. The fourth-order valence-corrected chi connectivity index (χ4v) is 4.59. The molecule has 2 aromatic heterocycles. The van der Waals surface area contributed by atoms with Crippen LogP contribution >= 0.6 is 11.3 Å². The average Bonchev–Trinajstić information content (AvgIpc) is 3.39. The fraction of sp³-hybridized carbons (Fsp3) is 0.179. The first kappa shape index (κ1) is 27.3. The van der Waals surface area contributed by atoms with Crippen LogP contribution in [0.1, 0.15) is 29.8 Å². The first-order valence-electron chi connectivity index (χ1n) is 12.0. The fourth-order valence-electron chi connectivity index (χ4n) is 3.86. The van der Waals surface area contributed by atoms with Crippen molar-refractivity contribution in [1.82, 2.24) is 20.6 Å². The molecule has 11 heteroatoms. The Kier molecular flexibility index (Phi) is 8.21. The summed E-state index contributed by atoms with van der Waals surface area (Å²) >= 11 is 1.29. The minimum Gasteiger partial charge on any atom is -0.465 e. The van der Waals surface area contributed by atoms with Gasteiger partial charge in [-0.15, -0.1) is 11.3 Å². The third kappa shape index (κ3) is 7.17. The molecule has 6 N–H and O–H groups in total. The van der Waals surface area contributed by atoms with Crippen LogP contribution < -0.4 is 21.7 Å². The van der Waals surface area contributed by atoms with Crippen LogP contribution in [0.15, 0.2) is 72.2 Å². The van der Waals surface area contributed by atoms with E-state index in [1.54, 1.807) is 30.5 Å². The molecule has 4 rings (SSSR count). The zero-order valence-corrected chi connectivity index (χ0v) is 22.2. The van der Waals surface area contributed by atoms with E-state index in [2.05, 4.69) is 25.9 Å². The number of benzene rings is 2. The van der Waals surface area contributed by atoms with E-state index in [0.29, 0.717) is 22.2 Å². The molecule has 0 bridgehead atoms. The Morgan fingerprint density at radius 1 is 0.974 bits per heavy atom. The Balaban J connectivity index is 1.35. The lowest BCUT2D eigenvalue weighted by Gasteiger charge is -2.25. The van der Waals surface area contributed by atoms with E-state index < -0.39 is 23.3 Å². The first-order valence-corrected chi connectivity index (χ1v) is 12.9. The molecule has 0 saturated carbocycles. The van der Waals surface area contributed by atoms with Crippen LogP contribution in [0.5, 0.6) is 0 Å². The van der Waals surface area contributed by atoms with E-state index in [-0.39, 0.29) is 13.1 Å². The summed E-state index contributed by atoms with van der Waals surface area (Å²) in [7, 11) is 0. The molecule has 2 aromatic carbocycles. The summed E-state index contributed by atoms with van der Waals surface area (Å²) < 4.78 is 0. The minimum absolute atomic E-state index is 0.189. The van der Waals surface area contributed by atoms with Gasteiger partial charge in [-0.25, -0.2) is 14.8 Å². The third-order valence-corrected chi connectivity index (χ3v) is 6.78. The number of aromatic nitrogens is 2. The highest BCUT2D eigenvalue weighted by molar-refractivity contribution is 7.14. The molecule has 0 aliphatic rings. The van der Waals surface area contributed by atoms with Gasteiger partial charge in [0.1, 0.15) is 5.82 Å². The van der Waals surface area contributed by atoms with Crippen molar-refractivity contribution < 1.29 is 19.5 Å². The van der Waals surface area contributed by atoms with Crippen LogP contribution in [-0.4, -0.2) is 46.1 Å². The van der Waals surface area contributed by atoms with E-state index >= 15 is 0 Å². The third-order valence-electron chi connectivity index (χ3n) is 6.02.